The molecule has 2 aromatic rings. The van der Waals surface area contributed by atoms with E-state index in [1.54, 1.807) is 17.2 Å². The SMILES string of the molecule is COC(=O)N1CCCC1CCNC(=O)Nc1cnc2[nH]ccc2n1. The number of likely N-dealkylation sites (tertiary alicyclic amines) is 1. The molecule has 1 saturated heterocycles. The van der Waals surface area contributed by atoms with Crippen LogP contribution in [0.4, 0.5) is 15.4 Å². The Balaban J connectivity index is 1.46. The lowest BCUT2D eigenvalue weighted by Crippen LogP contribution is -2.38. The summed E-state index contributed by atoms with van der Waals surface area (Å²) in [4.78, 5) is 36.6. The van der Waals surface area contributed by atoms with Gasteiger partial charge in [-0.15, -0.1) is 0 Å². The van der Waals surface area contributed by atoms with Gasteiger partial charge in [-0.2, -0.15) is 0 Å². The number of hydrogen-bond acceptors (Lipinski definition) is 5. The molecule has 0 aromatic carbocycles. The highest BCUT2D eigenvalue weighted by Gasteiger charge is 2.28. The Bertz CT molecular complexity index is 731. The number of ether oxygens (including phenoxy) is 1. The van der Waals surface area contributed by atoms with Crippen LogP contribution in [0.2, 0.25) is 0 Å². The summed E-state index contributed by atoms with van der Waals surface area (Å²) in [5.74, 6) is 0.386. The average Bonchev–Trinajstić information content (AvgIpc) is 3.22. The molecule has 128 valence electrons. The number of hydrogen-bond donors (Lipinski definition) is 3. The Morgan fingerprint density at radius 3 is 3.21 bits per heavy atom. The maximum atomic E-state index is 11.9. The van der Waals surface area contributed by atoms with Crippen LogP contribution in [0.25, 0.3) is 11.2 Å². The smallest absolute Gasteiger partial charge is 0.409 e. The molecule has 1 atom stereocenters. The van der Waals surface area contributed by atoms with Gasteiger partial charge in [0.1, 0.15) is 5.52 Å². The van der Waals surface area contributed by atoms with E-state index in [-0.39, 0.29) is 18.2 Å². The zero-order valence-electron chi connectivity index (χ0n) is 13.4. The first-order valence-electron chi connectivity index (χ1n) is 7.87. The van der Waals surface area contributed by atoms with Gasteiger partial charge in [-0.05, 0) is 25.3 Å². The fraction of sp³-hybridized carbons (Fsp3) is 0.467. The van der Waals surface area contributed by atoms with Crippen LogP contribution in [-0.4, -0.2) is 58.2 Å². The van der Waals surface area contributed by atoms with Gasteiger partial charge in [-0.25, -0.2) is 19.6 Å². The summed E-state index contributed by atoms with van der Waals surface area (Å²) >= 11 is 0. The number of aromatic amines is 1. The molecule has 0 aliphatic carbocycles. The van der Waals surface area contributed by atoms with E-state index in [2.05, 4.69) is 25.6 Å². The van der Waals surface area contributed by atoms with Crippen molar-refractivity contribution in [2.45, 2.75) is 25.3 Å². The lowest BCUT2D eigenvalue weighted by molar-refractivity contribution is 0.117. The van der Waals surface area contributed by atoms with Gasteiger partial charge < -0.3 is 19.9 Å². The Hall–Kier alpha value is -2.84. The number of urea groups is 1. The molecule has 3 N–H and O–H groups in total. The van der Waals surface area contributed by atoms with Crippen molar-refractivity contribution in [2.24, 2.45) is 0 Å². The minimum absolute atomic E-state index is 0.105. The van der Waals surface area contributed by atoms with Crippen molar-refractivity contribution in [2.75, 3.05) is 25.5 Å². The number of anilines is 1. The molecule has 3 heterocycles. The van der Waals surface area contributed by atoms with Gasteiger partial charge in [0.2, 0.25) is 0 Å². The highest BCUT2D eigenvalue weighted by atomic mass is 16.5. The molecule has 1 aliphatic rings. The number of amides is 3. The Morgan fingerprint density at radius 1 is 1.50 bits per heavy atom. The predicted molar refractivity (Wildman–Crippen MR) is 87.7 cm³/mol. The summed E-state index contributed by atoms with van der Waals surface area (Å²) in [6.45, 7) is 1.17. The fourth-order valence-corrected chi connectivity index (χ4v) is 2.90. The van der Waals surface area contributed by atoms with Crippen LogP contribution in [0.15, 0.2) is 18.5 Å². The van der Waals surface area contributed by atoms with E-state index in [1.807, 2.05) is 0 Å². The average molecular weight is 332 g/mol. The summed E-state index contributed by atoms with van der Waals surface area (Å²) in [7, 11) is 1.38. The van der Waals surface area contributed by atoms with Crippen LogP contribution >= 0.6 is 0 Å². The van der Waals surface area contributed by atoms with Gasteiger partial charge in [0.25, 0.3) is 0 Å². The van der Waals surface area contributed by atoms with E-state index in [0.717, 1.165) is 12.8 Å². The van der Waals surface area contributed by atoms with Gasteiger partial charge in [0, 0.05) is 25.3 Å². The van der Waals surface area contributed by atoms with Crippen molar-refractivity contribution in [1.29, 1.82) is 0 Å². The lowest BCUT2D eigenvalue weighted by atomic mass is 10.1. The zero-order valence-corrected chi connectivity index (χ0v) is 13.4. The van der Waals surface area contributed by atoms with E-state index in [9.17, 15) is 9.59 Å². The van der Waals surface area contributed by atoms with E-state index in [0.29, 0.717) is 36.5 Å². The Kier molecular flexibility index (Phi) is 4.78. The molecule has 1 aliphatic heterocycles. The van der Waals surface area contributed by atoms with E-state index in [4.69, 9.17) is 4.74 Å². The maximum absolute atomic E-state index is 11.9. The number of fused-ring (bicyclic) bond motifs is 1. The van der Waals surface area contributed by atoms with Crippen LogP contribution in [0.3, 0.4) is 0 Å². The largest absolute Gasteiger partial charge is 0.453 e. The second-order valence-corrected chi connectivity index (χ2v) is 5.60. The van der Waals surface area contributed by atoms with Crippen molar-refractivity contribution in [3.63, 3.8) is 0 Å². The normalized spacial score (nSPS) is 17.0. The fourth-order valence-electron chi connectivity index (χ4n) is 2.90. The molecule has 0 saturated carbocycles. The number of nitrogens with one attached hydrogen (secondary N) is 3. The number of rotatable bonds is 4. The Labute approximate surface area is 138 Å². The third-order valence-corrected chi connectivity index (χ3v) is 4.05. The first-order chi connectivity index (χ1) is 11.7. The number of nitrogens with zero attached hydrogens (tertiary/aromatic N) is 3. The van der Waals surface area contributed by atoms with Crippen LogP contribution in [0, 0.1) is 0 Å². The van der Waals surface area contributed by atoms with Gasteiger partial charge >= 0.3 is 12.1 Å². The first kappa shape index (κ1) is 16.0. The van der Waals surface area contributed by atoms with Crippen molar-refractivity contribution in [1.82, 2.24) is 25.2 Å². The molecule has 9 heteroatoms. The molecule has 3 rings (SSSR count). The molecule has 0 radical (unpaired) electrons. The van der Waals surface area contributed by atoms with Gasteiger partial charge in [0.15, 0.2) is 11.5 Å². The van der Waals surface area contributed by atoms with Crippen molar-refractivity contribution in [3.05, 3.63) is 18.5 Å². The standard InChI is InChI=1S/C15H20N6O3/c1-24-15(23)21-8-2-3-10(21)4-6-17-14(22)20-12-9-18-13-11(19-12)5-7-16-13/h5,7,9-10H,2-4,6,8H2,1H3,(H,16,18)(H2,17,19,20,22). The van der Waals surface area contributed by atoms with Crippen molar-refractivity contribution >= 4 is 29.1 Å². The third-order valence-electron chi connectivity index (χ3n) is 4.05. The first-order valence-corrected chi connectivity index (χ1v) is 7.87. The monoisotopic (exact) mass is 332 g/mol. The number of methoxy groups -OCH3 is 1. The summed E-state index contributed by atoms with van der Waals surface area (Å²) in [5.41, 5.74) is 1.36. The van der Waals surface area contributed by atoms with E-state index in [1.165, 1.54) is 13.3 Å². The number of carbonyl (C=O) groups excluding carboxylic acids is 2. The van der Waals surface area contributed by atoms with Crippen LogP contribution in [0.5, 0.6) is 0 Å². The molecule has 1 unspecified atom stereocenters. The molecule has 9 nitrogen and oxygen atoms in total. The van der Waals surface area contributed by atoms with Crippen molar-refractivity contribution in [3.8, 4) is 0 Å². The second-order valence-electron chi connectivity index (χ2n) is 5.60. The number of carbonyl (C=O) groups is 2. The molecule has 0 spiro atoms. The number of aromatic nitrogens is 3. The quantitative estimate of drug-likeness (QED) is 0.789. The molecular formula is C15H20N6O3. The van der Waals surface area contributed by atoms with E-state index >= 15 is 0 Å². The highest BCUT2D eigenvalue weighted by molar-refractivity contribution is 5.89. The Morgan fingerprint density at radius 2 is 2.38 bits per heavy atom. The zero-order chi connectivity index (χ0) is 16.9. The van der Waals surface area contributed by atoms with Gasteiger partial charge in [-0.1, -0.05) is 0 Å². The summed E-state index contributed by atoms with van der Waals surface area (Å²) in [5, 5.41) is 5.42. The maximum Gasteiger partial charge on any atom is 0.409 e. The van der Waals surface area contributed by atoms with Crippen LogP contribution in [-0.2, 0) is 4.74 Å². The summed E-state index contributed by atoms with van der Waals surface area (Å²) in [6.07, 6.45) is 5.49. The third kappa shape index (κ3) is 3.55. The summed E-state index contributed by atoms with van der Waals surface area (Å²) in [6, 6.07) is 1.54. The van der Waals surface area contributed by atoms with Gasteiger partial charge in [0.05, 0.1) is 13.3 Å². The minimum Gasteiger partial charge on any atom is -0.453 e. The van der Waals surface area contributed by atoms with Crippen molar-refractivity contribution < 1.29 is 14.3 Å². The van der Waals surface area contributed by atoms with Crippen LogP contribution in [0.1, 0.15) is 19.3 Å². The molecule has 24 heavy (non-hydrogen) atoms. The lowest BCUT2D eigenvalue weighted by Gasteiger charge is -2.23. The topological polar surface area (TPSA) is 112 Å². The molecule has 2 aromatic heterocycles. The predicted octanol–water partition coefficient (Wildman–Crippen LogP) is 1.70. The minimum atomic E-state index is -0.346. The van der Waals surface area contributed by atoms with E-state index < -0.39 is 0 Å². The number of H-pyrrole nitrogens is 1. The molecule has 1 fully saturated rings. The van der Waals surface area contributed by atoms with Gasteiger partial charge in [-0.3, -0.25) is 5.32 Å². The second kappa shape index (κ2) is 7.16. The molecule has 0 bridgehead atoms. The molecular weight excluding hydrogens is 312 g/mol. The highest BCUT2D eigenvalue weighted by Crippen LogP contribution is 2.20. The summed E-state index contributed by atoms with van der Waals surface area (Å²) < 4.78 is 4.77. The van der Waals surface area contributed by atoms with Crippen LogP contribution < -0.4 is 10.6 Å². The molecule has 3 amide bonds.